The molecule has 1 heterocycles. The van der Waals surface area contributed by atoms with Gasteiger partial charge in [0.1, 0.15) is 0 Å². The van der Waals surface area contributed by atoms with Crippen LogP contribution in [0.25, 0.3) is 0 Å². The summed E-state index contributed by atoms with van der Waals surface area (Å²) in [7, 11) is 0. The average molecular weight is 184 g/mol. The van der Waals surface area contributed by atoms with Crippen molar-refractivity contribution in [3.05, 3.63) is 22.1 Å². The number of nitrogens with one attached hydrogen (secondary N) is 1. The number of rotatable bonds is 3. The Morgan fingerprint density at radius 1 is 1.58 bits per heavy atom. The molecule has 66 valence electrons. The molecule has 0 aliphatic heterocycles. The van der Waals surface area contributed by atoms with Gasteiger partial charge in [0, 0.05) is 11.8 Å². The molecule has 1 rings (SSSR count). The van der Waals surface area contributed by atoms with Crippen molar-refractivity contribution in [3.8, 4) is 0 Å². The van der Waals surface area contributed by atoms with Crippen molar-refractivity contribution in [1.82, 2.24) is 9.97 Å². The minimum atomic E-state index is -0.0576. The van der Waals surface area contributed by atoms with Crippen molar-refractivity contribution in [2.45, 2.75) is 25.4 Å². The smallest absolute Gasteiger partial charge is 0.251 e. The van der Waals surface area contributed by atoms with Crippen molar-refractivity contribution < 1.29 is 0 Å². The molecule has 0 aliphatic carbocycles. The van der Waals surface area contributed by atoms with Gasteiger partial charge in [-0.25, -0.2) is 4.98 Å². The largest absolute Gasteiger partial charge is 0.301 e. The third kappa shape index (κ3) is 2.37. The third-order valence-corrected chi connectivity index (χ3v) is 2.17. The van der Waals surface area contributed by atoms with Gasteiger partial charge in [-0.15, -0.1) is 0 Å². The molecule has 0 saturated carbocycles. The lowest BCUT2D eigenvalue weighted by molar-refractivity contribution is 0.869. The number of H-pyrrole nitrogens is 1. The van der Waals surface area contributed by atoms with E-state index in [-0.39, 0.29) is 5.56 Å². The summed E-state index contributed by atoms with van der Waals surface area (Å²) in [6.45, 7) is 4.02. The summed E-state index contributed by atoms with van der Waals surface area (Å²) in [5.41, 5.74) is 0.799. The molecule has 12 heavy (non-hydrogen) atoms. The summed E-state index contributed by atoms with van der Waals surface area (Å²) in [6, 6.07) is 1.54. The second-order valence-electron chi connectivity index (χ2n) is 2.33. The Labute approximate surface area is 75.6 Å². The molecule has 0 saturated heterocycles. The van der Waals surface area contributed by atoms with E-state index < -0.39 is 0 Å². The van der Waals surface area contributed by atoms with Gasteiger partial charge in [-0.05, 0) is 12.2 Å². The fourth-order valence-electron chi connectivity index (χ4n) is 0.870. The predicted molar refractivity (Wildman–Crippen MR) is 50.6 cm³/mol. The summed E-state index contributed by atoms with van der Waals surface area (Å²) < 4.78 is 0. The summed E-state index contributed by atoms with van der Waals surface area (Å²) in [5.74, 6) is 0.927. The van der Waals surface area contributed by atoms with Crippen LogP contribution in [-0.2, 0) is 6.42 Å². The van der Waals surface area contributed by atoms with Crippen LogP contribution in [0, 0.1) is 0 Å². The molecule has 1 aromatic rings. The molecule has 0 fully saturated rings. The van der Waals surface area contributed by atoms with Gasteiger partial charge >= 0.3 is 0 Å². The Hall–Kier alpha value is -0.770. The third-order valence-electron chi connectivity index (χ3n) is 1.42. The van der Waals surface area contributed by atoms with Crippen LogP contribution in [-0.4, -0.2) is 15.7 Å². The van der Waals surface area contributed by atoms with Crippen LogP contribution < -0.4 is 5.56 Å². The molecule has 1 N–H and O–H groups in total. The number of aryl methyl sites for hydroxylation is 1. The Bertz CT molecular complexity index is 308. The van der Waals surface area contributed by atoms with Crippen molar-refractivity contribution >= 4 is 11.8 Å². The lowest BCUT2D eigenvalue weighted by atomic mass is 10.3. The van der Waals surface area contributed by atoms with E-state index in [1.165, 1.54) is 0 Å². The van der Waals surface area contributed by atoms with Crippen LogP contribution >= 0.6 is 11.8 Å². The SMILES string of the molecule is CCSc1nc(CC)cc(=O)[nH]1. The molecular weight excluding hydrogens is 172 g/mol. The van der Waals surface area contributed by atoms with Crippen LogP contribution in [0.2, 0.25) is 0 Å². The lowest BCUT2D eigenvalue weighted by Crippen LogP contribution is -2.09. The van der Waals surface area contributed by atoms with Gasteiger partial charge in [-0.2, -0.15) is 0 Å². The zero-order chi connectivity index (χ0) is 8.97. The standard InChI is InChI=1S/C8H12N2OS/c1-3-6-5-7(11)10-8(9-6)12-4-2/h5H,3-4H2,1-2H3,(H,9,10,11). The monoisotopic (exact) mass is 184 g/mol. The molecule has 0 atom stereocenters. The van der Waals surface area contributed by atoms with E-state index in [1.54, 1.807) is 17.8 Å². The van der Waals surface area contributed by atoms with Crippen molar-refractivity contribution in [2.75, 3.05) is 5.75 Å². The summed E-state index contributed by atoms with van der Waals surface area (Å²) in [6.07, 6.45) is 0.807. The van der Waals surface area contributed by atoms with Crippen LogP contribution in [0.3, 0.4) is 0 Å². The van der Waals surface area contributed by atoms with E-state index in [4.69, 9.17) is 0 Å². The molecular formula is C8H12N2OS. The van der Waals surface area contributed by atoms with Gasteiger partial charge in [-0.1, -0.05) is 25.6 Å². The zero-order valence-electron chi connectivity index (χ0n) is 7.26. The van der Waals surface area contributed by atoms with Crippen LogP contribution in [0.5, 0.6) is 0 Å². The Balaban J connectivity index is 2.98. The highest BCUT2D eigenvalue weighted by atomic mass is 32.2. The molecule has 3 nitrogen and oxygen atoms in total. The second-order valence-corrected chi connectivity index (χ2v) is 3.58. The quantitative estimate of drug-likeness (QED) is 0.571. The summed E-state index contributed by atoms with van der Waals surface area (Å²) in [4.78, 5) is 18.0. The first-order chi connectivity index (χ1) is 5.76. The molecule has 0 spiro atoms. The Morgan fingerprint density at radius 3 is 2.92 bits per heavy atom. The maximum Gasteiger partial charge on any atom is 0.251 e. The van der Waals surface area contributed by atoms with Gasteiger partial charge in [0.15, 0.2) is 5.16 Å². The van der Waals surface area contributed by atoms with Gasteiger partial charge in [0.05, 0.1) is 0 Å². The van der Waals surface area contributed by atoms with E-state index >= 15 is 0 Å². The number of nitrogens with zero attached hydrogens (tertiary/aromatic N) is 1. The number of aromatic amines is 1. The molecule has 0 aromatic carbocycles. The number of hydrogen-bond acceptors (Lipinski definition) is 3. The number of hydrogen-bond donors (Lipinski definition) is 1. The molecule has 0 radical (unpaired) electrons. The first-order valence-corrected chi connectivity index (χ1v) is 4.97. The fourth-order valence-corrected chi connectivity index (χ4v) is 1.50. The topological polar surface area (TPSA) is 45.8 Å². The van der Waals surface area contributed by atoms with Crippen molar-refractivity contribution in [1.29, 1.82) is 0 Å². The lowest BCUT2D eigenvalue weighted by Gasteiger charge is -1.99. The minimum Gasteiger partial charge on any atom is -0.301 e. The molecule has 4 heteroatoms. The Kier molecular flexibility index (Phi) is 3.34. The van der Waals surface area contributed by atoms with E-state index in [9.17, 15) is 4.79 Å². The van der Waals surface area contributed by atoms with Crippen LogP contribution in [0.4, 0.5) is 0 Å². The molecule has 0 amide bonds. The maximum absolute atomic E-state index is 11.0. The fraction of sp³-hybridized carbons (Fsp3) is 0.500. The number of aromatic nitrogens is 2. The van der Waals surface area contributed by atoms with E-state index in [2.05, 4.69) is 9.97 Å². The first kappa shape index (κ1) is 9.32. The van der Waals surface area contributed by atoms with E-state index in [0.29, 0.717) is 0 Å². The molecule has 0 unspecified atom stereocenters. The van der Waals surface area contributed by atoms with E-state index in [0.717, 1.165) is 23.0 Å². The van der Waals surface area contributed by atoms with Gasteiger partial charge in [-0.3, -0.25) is 4.79 Å². The number of thioether (sulfide) groups is 1. The van der Waals surface area contributed by atoms with Crippen LogP contribution in [0.15, 0.2) is 16.0 Å². The van der Waals surface area contributed by atoms with Crippen LogP contribution in [0.1, 0.15) is 19.5 Å². The highest BCUT2D eigenvalue weighted by molar-refractivity contribution is 7.99. The van der Waals surface area contributed by atoms with E-state index in [1.807, 2.05) is 13.8 Å². The highest BCUT2D eigenvalue weighted by Gasteiger charge is 1.98. The first-order valence-electron chi connectivity index (χ1n) is 3.99. The second kappa shape index (κ2) is 4.30. The normalized spacial score (nSPS) is 10.2. The summed E-state index contributed by atoms with van der Waals surface area (Å²) in [5, 5.41) is 0.724. The maximum atomic E-state index is 11.0. The zero-order valence-corrected chi connectivity index (χ0v) is 8.07. The molecule has 1 aromatic heterocycles. The molecule has 0 aliphatic rings. The molecule has 0 bridgehead atoms. The van der Waals surface area contributed by atoms with Gasteiger partial charge < -0.3 is 4.98 Å². The van der Waals surface area contributed by atoms with Crippen molar-refractivity contribution in [3.63, 3.8) is 0 Å². The minimum absolute atomic E-state index is 0.0576. The Morgan fingerprint density at radius 2 is 2.33 bits per heavy atom. The van der Waals surface area contributed by atoms with Gasteiger partial charge in [0.2, 0.25) is 0 Å². The average Bonchev–Trinajstić information content (AvgIpc) is 2.04. The highest BCUT2D eigenvalue weighted by Crippen LogP contribution is 2.09. The summed E-state index contributed by atoms with van der Waals surface area (Å²) >= 11 is 1.55. The predicted octanol–water partition coefficient (Wildman–Crippen LogP) is 1.44. The van der Waals surface area contributed by atoms with Gasteiger partial charge in [0.25, 0.3) is 5.56 Å². The van der Waals surface area contributed by atoms with Crippen molar-refractivity contribution in [2.24, 2.45) is 0 Å².